The van der Waals surface area contributed by atoms with Gasteiger partial charge < -0.3 is 4.74 Å². The van der Waals surface area contributed by atoms with E-state index in [1.807, 2.05) is 0 Å². The van der Waals surface area contributed by atoms with E-state index in [1.54, 1.807) is 19.1 Å². The number of esters is 1. The van der Waals surface area contributed by atoms with Gasteiger partial charge in [-0.2, -0.15) is 0 Å². The average molecular weight is 252 g/mol. The standard InChI is InChI=1S/C14H17FO3/c1-10-9-11(7-8-12(10)15)5-3-4-6-13(16)14(17)18-2/h7-9H,3-6H2,1-2H3. The number of carbonyl (C=O) groups is 2. The summed E-state index contributed by atoms with van der Waals surface area (Å²) in [6.45, 7) is 1.72. The Hall–Kier alpha value is -1.71. The third-order valence-electron chi connectivity index (χ3n) is 2.75. The Morgan fingerprint density at radius 1 is 1.28 bits per heavy atom. The molecule has 0 spiro atoms. The van der Waals surface area contributed by atoms with Crippen LogP contribution in [0, 0.1) is 12.7 Å². The maximum Gasteiger partial charge on any atom is 0.374 e. The van der Waals surface area contributed by atoms with Crippen LogP contribution in [0.2, 0.25) is 0 Å². The van der Waals surface area contributed by atoms with Crippen LogP contribution in [-0.2, 0) is 20.7 Å². The van der Waals surface area contributed by atoms with Gasteiger partial charge in [-0.1, -0.05) is 12.1 Å². The predicted molar refractivity (Wildman–Crippen MR) is 65.7 cm³/mol. The second-order valence-electron chi connectivity index (χ2n) is 4.21. The monoisotopic (exact) mass is 252 g/mol. The lowest BCUT2D eigenvalue weighted by atomic mass is 10.0. The highest BCUT2D eigenvalue weighted by atomic mass is 19.1. The number of benzene rings is 1. The van der Waals surface area contributed by atoms with Gasteiger partial charge in [0.25, 0.3) is 0 Å². The lowest BCUT2D eigenvalue weighted by molar-refractivity contribution is -0.151. The first-order chi connectivity index (χ1) is 8.54. The molecular formula is C14H17FO3. The first-order valence-corrected chi connectivity index (χ1v) is 5.90. The summed E-state index contributed by atoms with van der Waals surface area (Å²) in [6.07, 6.45) is 2.39. The molecule has 4 heteroatoms. The number of unbranched alkanes of at least 4 members (excludes halogenated alkanes) is 1. The van der Waals surface area contributed by atoms with E-state index in [4.69, 9.17) is 0 Å². The molecule has 0 fully saturated rings. The molecule has 3 nitrogen and oxygen atoms in total. The first kappa shape index (κ1) is 14.4. The van der Waals surface area contributed by atoms with Crippen LogP contribution in [-0.4, -0.2) is 18.9 Å². The molecule has 0 radical (unpaired) electrons. The van der Waals surface area contributed by atoms with Crippen molar-refractivity contribution in [3.63, 3.8) is 0 Å². The zero-order valence-corrected chi connectivity index (χ0v) is 10.7. The number of Topliss-reactive ketones (excluding diaryl/α,β-unsaturated/α-hetero) is 1. The van der Waals surface area contributed by atoms with Gasteiger partial charge in [0.1, 0.15) is 5.82 Å². The Labute approximate surface area is 106 Å². The van der Waals surface area contributed by atoms with Gasteiger partial charge in [0.2, 0.25) is 5.78 Å². The van der Waals surface area contributed by atoms with Crippen LogP contribution in [0.25, 0.3) is 0 Å². The van der Waals surface area contributed by atoms with Crippen LogP contribution in [0.3, 0.4) is 0 Å². The molecule has 0 heterocycles. The summed E-state index contributed by atoms with van der Waals surface area (Å²) in [5.41, 5.74) is 1.66. The Balaban J connectivity index is 2.32. The summed E-state index contributed by atoms with van der Waals surface area (Å²) < 4.78 is 17.4. The van der Waals surface area contributed by atoms with Crippen LogP contribution in [0.4, 0.5) is 4.39 Å². The minimum Gasteiger partial charge on any atom is -0.463 e. The van der Waals surface area contributed by atoms with Gasteiger partial charge in [-0.3, -0.25) is 4.79 Å². The highest BCUT2D eigenvalue weighted by molar-refractivity contribution is 6.33. The maximum atomic E-state index is 13.0. The largest absolute Gasteiger partial charge is 0.463 e. The SMILES string of the molecule is COC(=O)C(=O)CCCCc1ccc(F)c(C)c1. The number of hydrogen-bond donors (Lipinski definition) is 0. The number of carbonyl (C=O) groups excluding carboxylic acids is 2. The maximum absolute atomic E-state index is 13.0. The van der Waals surface area contributed by atoms with Gasteiger partial charge in [-0.25, -0.2) is 9.18 Å². The number of ether oxygens (including phenoxy) is 1. The van der Waals surface area contributed by atoms with Gasteiger partial charge in [0, 0.05) is 6.42 Å². The smallest absolute Gasteiger partial charge is 0.374 e. The molecule has 0 atom stereocenters. The molecular weight excluding hydrogens is 235 g/mol. The number of hydrogen-bond acceptors (Lipinski definition) is 3. The number of rotatable bonds is 6. The molecule has 0 saturated carbocycles. The molecule has 0 amide bonds. The topological polar surface area (TPSA) is 43.4 Å². The van der Waals surface area contributed by atoms with Crippen molar-refractivity contribution in [2.24, 2.45) is 0 Å². The quantitative estimate of drug-likeness (QED) is 0.444. The molecule has 0 aliphatic carbocycles. The Kier molecular flexibility index (Phi) is 5.49. The fourth-order valence-corrected chi connectivity index (χ4v) is 1.69. The Morgan fingerprint density at radius 2 is 2.00 bits per heavy atom. The van der Waals surface area contributed by atoms with Crippen molar-refractivity contribution in [3.05, 3.63) is 35.1 Å². The van der Waals surface area contributed by atoms with Crippen LogP contribution < -0.4 is 0 Å². The third kappa shape index (κ3) is 4.28. The van der Waals surface area contributed by atoms with Gasteiger partial charge in [-0.05, 0) is 43.4 Å². The molecule has 1 aromatic carbocycles. The lowest BCUT2D eigenvalue weighted by Crippen LogP contribution is -2.14. The van der Waals surface area contributed by atoms with Crippen molar-refractivity contribution in [3.8, 4) is 0 Å². The number of aryl methyl sites for hydroxylation is 2. The first-order valence-electron chi connectivity index (χ1n) is 5.90. The second kappa shape index (κ2) is 6.89. The number of ketones is 1. The van der Waals surface area contributed by atoms with E-state index in [1.165, 1.54) is 13.2 Å². The van der Waals surface area contributed by atoms with Gasteiger partial charge >= 0.3 is 5.97 Å². The molecule has 0 unspecified atom stereocenters. The van der Waals surface area contributed by atoms with E-state index < -0.39 is 11.8 Å². The molecule has 98 valence electrons. The van der Waals surface area contributed by atoms with Crippen LogP contribution in [0.15, 0.2) is 18.2 Å². The minimum atomic E-state index is -0.785. The Morgan fingerprint density at radius 3 is 2.61 bits per heavy atom. The fraction of sp³-hybridized carbons (Fsp3) is 0.429. The molecule has 1 aromatic rings. The lowest BCUT2D eigenvalue weighted by Gasteiger charge is -2.03. The van der Waals surface area contributed by atoms with Gasteiger partial charge in [0.05, 0.1) is 7.11 Å². The minimum absolute atomic E-state index is 0.201. The average Bonchev–Trinajstić information content (AvgIpc) is 2.37. The van der Waals surface area contributed by atoms with Crippen molar-refractivity contribution in [1.82, 2.24) is 0 Å². The van der Waals surface area contributed by atoms with E-state index in [0.29, 0.717) is 12.0 Å². The summed E-state index contributed by atoms with van der Waals surface area (Å²) in [5, 5.41) is 0. The summed E-state index contributed by atoms with van der Waals surface area (Å²) in [4.78, 5) is 22.0. The zero-order chi connectivity index (χ0) is 13.5. The molecule has 0 aromatic heterocycles. The second-order valence-corrected chi connectivity index (χ2v) is 4.21. The van der Waals surface area contributed by atoms with Crippen LogP contribution in [0.1, 0.15) is 30.4 Å². The molecule has 0 saturated heterocycles. The van der Waals surface area contributed by atoms with Gasteiger partial charge in [0.15, 0.2) is 0 Å². The Bertz CT molecular complexity index is 441. The van der Waals surface area contributed by atoms with Crippen molar-refractivity contribution < 1.29 is 18.7 Å². The predicted octanol–water partition coefficient (Wildman–Crippen LogP) is 2.59. The summed E-state index contributed by atoms with van der Waals surface area (Å²) in [5.74, 6) is -1.49. The van der Waals surface area contributed by atoms with E-state index >= 15 is 0 Å². The van der Waals surface area contributed by atoms with E-state index in [-0.39, 0.29) is 12.2 Å². The highest BCUT2D eigenvalue weighted by Gasteiger charge is 2.12. The van der Waals surface area contributed by atoms with Crippen molar-refractivity contribution in [2.75, 3.05) is 7.11 Å². The van der Waals surface area contributed by atoms with E-state index in [2.05, 4.69) is 4.74 Å². The van der Waals surface area contributed by atoms with Crippen LogP contribution >= 0.6 is 0 Å². The molecule has 0 aliphatic rings. The summed E-state index contributed by atoms with van der Waals surface area (Å²) >= 11 is 0. The van der Waals surface area contributed by atoms with E-state index in [9.17, 15) is 14.0 Å². The molecule has 0 bridgehead atoms. The number of halogens is 1. The number of methoxy groups -OCH3 is 1. The molecule has 1 rings (SSSR count). The molecule has 0 N–H and O–H groups in total. The van der Waals surface area contributed by atoms with Crippen molar-refractivity contribution >= 4 is 11.8 Å². The third-order valence-corrected chi connectivity index (χ3v) is 2.75. The normalized spacial score (nSPS) is 10.2. The summed E-state index contributed by atoms with van der Waals surface area (Å²) in [6, 6.07) is 4.99. The van der Waals surface area contributed by atoms with E-state index in [0.717, 1.165) is 18.4 Å². The highest BCUT2D eigenvalue weighted by Crippen LogP contribution is 2.12. The molecule has 18 heavy (non-hydrogen) atoms. The van der Waals surface area contributed by atoms with Crippen LogP contribution in [0.5, 0.6) is 0 Å². The molecule has 0 aliphatic heterocycles. The summed E-state index contributed by atoms with van der Waals surface area (Å²) in [7, 11) is 1.20. The zero-order valence-electron chi connectivity index (χ0n) is 10.7. The van der Waals surface area contributed by atoms with Crippen molar-refractivity contribution in [2.45, 2.75) is 32.6 Å². The van der Waals surface area contributed by atoms with Gasteiger partial charge in [-0.15, -0.1) is 0 Å². The van der Waals surface area contributed by atoms with Crippen molar-refractivity contribution in [1.29, 1.82) is 0 Å². The fourth-order valence-electron chi connectivity index (χ4n) is 1.69.